The number of hydrogen-bond acceptors (Lipinski definition) is 2. The van der Waals surface area contributed by atoms with Crippen LogP contribution in [0.15, 0.2) is 0 Å². The molecule has 0 fully saturated rings. The molecule has 0 saturated heterocycles. The van der Waals surface area contributed by atoms with Crippen molar-refractivity contribution in [3.63, 3.8) is 0 Å². The fourth-order valence-corrected chi connectivity index (χ4v) is 1.51. The van der Waals surface area contributed by atoms with E-state index in [2.05, 4.69) is 39.9 Å². The summed E-state index contributed by atoms with van der Waals surface area (Å²) in [5, 5.41) is 3.60. The molecule has 2 nitrogen and oxygen atoms in total. The maximum absolute atomic E-state index is 5.11. The molecule has 0 radical (unpaired) electrons. The SMILES string of the molecule is CCC(C)(CCCOC)CNC(C)(C)C. The Labute approximate surface area is 95.8 Å². The molecule has 0 bridgehead atoms. The van der Waals surface area contributed by atoms with Crippen molar-refractivity contribution < 1.29 is 4.74 Å². The number of methoxy groups -OCH3 is 1. The van der Waals surface area contributed by atoms with Crippen LogP contribution in [0, 0.1) is 5.41 Å². The minimum atomic E-state index is 0.220. The number of nitrogens with one attached hydrogen (secondary N) is 1. The van der Waals surface area contributed by atoms with E-state index < -0.39 is 0 Å². The first-order valence-electron chi connectivity index (χ1n) is 6.07. The van der Waals surface area contributed by atoms with Gasteiger partial charge < -0.3 is 10.1 Å². The smallest absolute Gasteiger partial charge is 0.0462 e. The lowest BCUT2D eigenvalue weighted by Crippen LogP contribution is -2.42. The van der Waals surface area contributed by atoms with Crippen LogP contribution in [0.5, 0.6) is 0 Å². The van der Waals surface area contributed by atoms with Crippen LogP contribution >= 0.6 is 0 Å². The van der Waals surface area contributed by atoms with E-state index in [0.29, 0.717) is 5.41 Å². The summed E-state index contributed by atoms with van der Waals surface area (Å²) in [6.07, 6.45) is 3.62. The molecule has 1 unspecified atom stereocenters. The van der Waals surface area contributed by atoms with E-state index in [-0.39, 0.29) is 5.54 Å². The van der Waals surface area contributed by atoms with Gasteiger partial charge in [-0.1, -0.05) is 13.8 Å². The predicted octanol–water partition coefficient (Wildman–Crippen LogP) is 3.22. The summed E-state index contributed by atoms with van der Waals surface area (Å²) in [5.74, 6) is 0. The lowest BCUT2D eigenvalue weighted by Gasteiger charge is -2.33. The molecule has 0 aliphatic heterocycles. The van der Waals surface area contributed by atoms with Crippen LogP contribution in [0.4, 0.5) is 0 Å². The van der Waals surface area contributed by atoms with Crippen molar-refractivity contribution in [3.05, 3.63) is 0 Å². The Balaban J connectivity index is 3.96. The molecule has 0 spiro atoms. The lowest BCUT2D eigenvalue weighted by molar-refractivity contribution is 0.162. The standard InChI is InChI=1S/C13H29NO/c1-7-13(5,9-8-10-15-6)11-14-12(2,3)4/h14H,7-11H2,1-6H3. The Hall–Kier alpha value is -0.0800. The molecule has 0 aliphatic rings. The molecule has 1 N–H and O–H groups in total. The van der Waals surface area contributed by atoms with Gasteiger partial charge in [0.05, 0.1) is 0 Å². The van der Waals surface area contributed by atoms with E-state index >= 15 is 0 Å². The van der Waals surface area contributed by atoms with Crippen molar-refractivity contribution in [1.82, 2.24) is 5.32 Å². The predicted molar refractivity (Wildman–Crippen MR) is 67.3 cm³/mol. The quantitative estimate of drug-likeness (QED) is 0.658. The summed E-state index contributed by atoms with van der Waals surface area (Å²) >= 11 is 0. The largest absolute Gasteiger partial charge is 0.385 e. The van der Waals surface area contributed by atoms with Gasteiger partial charge in [-0.25, -0.2) is 0 Å². The van der Waals surface area contributed by atoms with E-state index in [1.54, 1.807) is 7.11 Å². The van der Waals surface area contributed by atoms with Gasteiger partial charge in [-0.3, -0.25) is 0 Å². The van der Waals surface area contributed by atoms with Gasteiger partial charge >= 0.3 is 0 Å². The first-order chi connectivity index (χ1) is 6.83. The highest BCUT2D eigenvalue weighted by Gasteiger charge is 2.23. The second-order valence-electron chi connectivity index (χ2n) is 5.86. The van der Waals surface area contributed by atoms with Gasteiger partial charge in [-0.15, -0.1) is 0 Å². The summed E-state index contributed by atoms with van der Waals surface area (Å²) in [4.78, 5) is 0. The molecule has 15 heavy (non-hydrogen) atoms. The summed E-state index contributed by atoms with van der Waals surface area (Å²) in [5.41, 5.74) is 0.628. The molecule has 92 valence electrons. The molecule has 2 heteroatoms. The maximum atomic E-state index is 5.11. The molecule has 0 aromatic carbocycles. The summed E-state index contributed by atoms with van der Waals surface area (Å²) in [7, 11) is 1.77. The minimum Gasteiger partial charge on any atom is -0.385 e. The fourth-order valence-electron chi connectivity index (χ4n) is 1.51. The van der Waals surface area contributed by atoms with Crippen LogP contribution in [0.1, 0.15) is 53.9 Å². The highest BCUT2D eigenvalue weighted by Crippen LogP contribution is 2.27. The van der Waals surface area contributed by atoms with Gasteiger partial charge in [0.1, 0.15) is 0 Å². The van der Waals surface area contributed by atoms with E-state index in [1.807, 2.05) is 0 Å². The Morgan fingerprint density at radius 3 is 2.13 bits per heavy atom. The van der Waals surface area contributed by atoms with Crippen molar-refractivity contribution in [2.24, 2.45) is 5.41 Å². The molecule has 0 rings (SSSR count). The van der Waals surface area contributed by atoms with Crippen LogP contribution in [0.3, 0.4) is 0 Å². The number of hydrogen-bond donors (Lipinski definition) is 1. The Morgan fingerprint density at radius 1 is 1.13 bits per heavy atom. The number of rotatable bonds is 7. The Bertz CT molecular complexity index is 162. The van der Waals surface area contributed by atoms with E-state index in [9.17, 15) is 0 Å². The summed E-state index contributed by atoms with van der Waals surface area (Å²) in [6, 6.07) is 0. The fraction of sp³-hybridized carbons (Fsp3) is 1.00. The third kappa shape index (κ3) is 7.80. The third-order valence-corrected chi connectivity index (χ3v) is 3.03. The average molecular weight is 215 g/mol. The zero-order valence-electron chi connectivity index (χ0n) is 11.4. The van der Waals surface area contributed by atoms with E-state index in [1.165, 1.54) is 12.8 Å². The normalized spacial score (nSPS) is 16.4. The highest BCUT2D eigenvalue weighted by molar-refractivity contribution is 4.80. The van der Waals surface area contributed by atoms with Crippen molar-refractivity contribution in [2.45, 2.75) is 59.4 Å². The molecule has 0 aromatic heterocycles. The van der Waals surface area contributed by atoms with Gasteiger partial charge in [-0.2, -0.15) is 0 Å². The zero-order chi connectivity index (χ0) is 11.9. The van der Waals surface area contributed by atoms with Crippen LogP contribution in [0.2, 0.25) is 0 Å². The summed E-state index contributed by atoms with van der Waals surface area (Å²) in [6.45, 7) is 13.3. The van der Waals surface area contributed by atoms with Crippen molar-refractivity contribution in [1.29, 1.82) is 0 Å². The monoisotopic (exact) mass is 215 g/mol. The molecule has 0 amide bonds. The first kappa shape index (κ1) is 14.9. The second-order valence-corrected chi connectivity index (χ2v) is 5.86. The van der Waals surface area contributed by atoms with Crippen LogP contribution in [-0.2, 0) is 4.74 Å². The Kier molecular flexibility index (Phi) is 6.46. The van der Waals surface area contributed by atoms with E-state index in [4.69, 9.17) is 4.74 Å². The van der Waals surface area contributed by atoms with Gasteiger partial charge in [0.15, 0.2) is 0 Å². The minimum absolute atomic E-state index is 0.220. The van der Waals surface area contributed by atoms with Crippen molar-refractivity contribution in [3.8, 4) is 0 Å². The lowest BCUT2D eigenvalue weighted by atomic mass is 9.82. The first-order valence-corrected chi connectivity index (χ1v) is 6.07. The van der Waals surface area contributed by atoms with Crippen molar-refractivity contribution in [2.75, 3.05) is 20.3 Å². The second kappa shape index (κ2) is 6.49. The average Bonchev–Trinajstić information content (AvgIpc) is 2.14. The number of ether oxygens (including phenoxy) is 1. The summed E-state index contributed by atoms with van der Waals surface area (Å²) < 4.78 is 5.11. The topological polar surface area (TPSA) is 21.3 Å². The van der Waals surface area contributed by atoms with Gasteiger partial charge in [0.2, 0.25) is 0 Å². The molecule has 0 aromatic rings. The zero-order valence-corrected chi connectivity index (χ0v) is 11.4. The van der Waals surface area contributed by atoms with Crippen LogP contribution < -0.4 is 5.32 Å². The van der Waals surface area contributed by atoms with Gasteiger partial charge in [0.25, 0.3) is 0 Å². The van der Waals surface area contributed by atoms with E-state index in [0.717, 1.165) is 19.6 Å². The molecule has 0 heterocycles. The molecule has 0 saturated carbocycles. The van der Waals surface area contributed by atoms with Crippen LogP contribution in [0.25, 0.3) is 0 Å². The maximum Gasteiger partial charge on any atom is 0.0462 e. The van der Waals surface area contributed by atoms with Crippen LogP contribution in [-0.4, -0.2) is 25.8 Å². The molecule has 1 atom stereocenters. The molecular weight excluding hydrogens is 186 g/mol. The van der Waals surface area contributed by atoms with Crippen molar-refractivity contribution >= 4 is 0 Å². The highest BCUT2D eigenvalue weighted by atomic mass is 16.5. The Morgan fingerprint density at radius 2 is 1.73 bits per heavy atom. The third-order valence-electron chi connectivity index (χ3n) is 3.03. The molecule has 0 aliphatic carbocycles. The van der Waals surface area contributed by atoms with Gasteiger partial charge in [-0.05, 0) is 45.4 Å². The molecular formula is C13H29NO. The van der Waals surface area contributed by atoms with Gasteiger partial charge in [0, 0.05) is 25.8 Å².